The first kappa shape index (κ1) is 14.1. The molecule has 3 N–H and O–H groups in total. The minimum absolute atomic E-state index is 0.309. The first-order chi connectivity index (χ1) is 8.65. The van der Waals surface area contributed by atoms with Crippen LogP contribution in [0.1, 0.15) is 24.0 Å². The molecule has 0 spiro atoms. The van der Waals surface area contributed by atoms with E-state index in [9.17, 15) is 0 Å². The highest BCUT2D eigenvalue weighted by molar-refractivity contribution is 5.30. The molecule has 0 bridgehead atoms. The molecule has 0 saturated carbocycles. The maximum atomic E-state index is 5.24. The summed E-state index contributed by atoms with van der Waals surface area (Å²) < 4.78 is 0. The Bertz CT molecular complexity index is 444. The number of nitrogens with one attached hydrogen (secondary N) is 1. The molecule has 1 rings (SSSR count). The normalized spacial score (nSPS) is 13.0. The third-order valence-electron chi connectivity index (χ3n) is 2.87. The van der Waals surface area contributed by atoms with Gasteiger partial charge in [0.15, 0.2) is 0 Å². The number of aryl methyl sites for hydroxylation is 1. The van der Waals surface area contributed by atoms with E-state index in [4.69, 9.17) is 5.73 Å². The van der Waals surface area contributed by atoms with E-state index < -0.39 is 0 Å². The summed E-state index contributed by atoms with van der Waals surface area (Å²) in [4.78, 5) is 0. The zero-order valence-electron chi connectivity index (χ0n) is 11.2. The Morgan fingerprint density at radius 2 is 2.22 bits per heavy atom. The van der Waals surface area contributed by atoms with Crippen molar-refractivity contribution in [3.63, 3.8) is 0 Å². The van der Waals surface area contributed by atoms with Crippen LogP contribution in [0.5, 0.6) is 0 Å². The van der Waals surface area contributed by atoms with Gasteiger partial charge in [-0.05, 0) is 24.8 Å². The van der Waals surface area contributed by atoms with Crippen molar-refractivity contribution < 1.29 is 0 Å². The lowest BCUT2D eigenvalue weighted by Gasteiger charge is -2.16. The average Bonchev–Trinajstić information content (AvgIpc) is 2.37. The summed E-state index contributed by atoms with van der Waals surface area (Å²) >= 11 is 0. The van der Waals surface area contributed by atoms with Gasteiger partial charge in [-0.1, -0.05) is 55.5 Å². The van der Waals surface area contributed by atoms with E-state index in [1.165, 1.54) is 17.3 Å². The molecule has 0 aliphatic rings. The van der Waals surface area contributed by atoms with Crippen LogP contribution in [0.4, 0.5) is 0 Å². The van der Waals surface area contributed by atoms with Gasteiger partial charge in [0, 0.05) is 18.2 Å². The lowest BCUT2D eigenvalue weighted by Crippen LogP contribution is -2.16. The van der Waals surface area contributed by atoms with Crippen LogP contribution in [0.25, 0.3) is 0 Å². The maximum absolute atomic E-state index is 5.24. The Balaban J connectivity index is 2.51. The van der Waals surface area contributed by atoms with Gasteiger partial charge in [0.25, 0.3) is 0 Å². The highest BCUT2D eigenvalue weighted by atomic mass is 14.9. The quantitative estimate of drug-likeness (QED) is 0.752. The van der Waals surface area contributed by atoms with E-state index in [2.05, 4.69) is 50.0 Å². The molecular weight excluding hydrogens is 220 g/mol. The van der Waals surface area contributed by atoms with Crippen LogP contribution in [-0.2, 0) is 0 Å². The maximum Gasteiger partial charge on any atom is 0.0330 e. The number of nitrogens with two attached hydrogens (primary N) is 1. The summed E-state index contributed by atoms with van der Waals surface area (Å²) in [6.07, 6.45) is 7.24. The van der Waals surface area contributed by atoms with Gasteiger partial charge in [-0.25, -0.2) is 0 Å². The van der Waals surface area contributed by atoms with Crippen LogP contribution in [0, 0.1) is 6.92 Å². The molecule has 1 unspecified atom stereocenters. The second kappa shape index (κ2) is 7.38. The first-order valence-electron chi connectivity index (χ1n) is 6.17. The number of hydrogen-bond donors (Lipinski definition) is 2. The fraction of sp³-hybridized carbons (Fsp3) is 0.250. The molecule has 1 aromatic rings. The molecule has 0 radical (unpaired) electrons. The SMILES string of the molecule is C=C(NC/C=C\C=C\N)C(C)c1cccc(C)c1. The van der Waals surface area contributed by atoms with E-state index in [1.807, 2.05) is 12.2 Å². The molecule has 0 aliphatic carbocycles. The van der Waals surface area contributed by atoms with Crippen molar-refractivity contribution in [3.05, 3.63) is 72.1 Å². The lowest BCUT2D eigenvalue weighted by molar-refractivity contribution is 0.765. The molecule has 18 heavy (non-hydrogen) atoms. The summed E-state index contributed by atoms with van der Waals surface area (Å²) in [5.41, 5.74) is 8.84. The van der Waals surface area contributed by atoms with E-state index in [1.54, 1.807) is 6.08 Å². The standard InChI is InChI=1S/C16H22N2/c1-13-8-7-9-16(12-13)14(2)15(3)18-11-6-4-5-10-17/h4-10,12,14,18H,3,11,17H2,1-2H3/b6-4-,10-5+. The van der Waals surface area contributed by atoms with Crippen molar-refractivity contribution >= 4 is 0 Å². The van der Waals surface area contributed by atoms with Gasteiger partial charge >= 0.3 is 0 Å². The molecule has 0 heterocycles. The van der Waals surface area contributed by atoms with Crippen LogP contribution >= 0.6 is 0 Å². The van der Waals surface area contributed by atoms with E-state index in [-0.39, 0.29) is 0 Å². The van der Waals surface area contributed by atoms with Gasteiger partial charge in [-0.2, -0.15) is 0 Å². The summed E-state index contributed by atoms with van der Waals surface area (Å²) in [6, 6.07) is 8.52. The number of hydrogen-bond acceptors (Lipinski definition) is 2. The Labute approximate surface area is 110 Å². The molecule has 0 aromatic heterocycles. The van der Waals surface area contributed by atoms with Crippen molar-refractivity contribution in [1.82, 2.24) is 5.32 Å². The van der Waals surface area contributed by atoms with Crippen LogP contribution in [0.2, 0.25) is 0 Å². The van der Waals surface area contributed by atoms with Crippen LogP contribution in [-0.4, -0.2) is 6.54 Å². The molecular formula is C16H22N2. The molecule has 0 aliphatic heterocycles. The zero-order valence-corrected chi connectivity index (χ0v) is 11.2. The van der Waals surface area contributed by atoms with Crippen molar-refractivity contribution in [2.75, 3.05) is 6.54 Å². The third kappa shape index (κ3) is 4.50. The van der Waals surface area contributed by atoms with Gasteiger partial charge in [-0.15, -0.1) is 0 Å². The van der Waals surface area contributed by atoms with Crippen molar-refractivity contribution in [1.29, 1.82) is 0 Å². The molecule has 0 amide bonds. The molecule has 1 aromatic carbocycles. The Morgan fingerprint density at radius 3 is 2.89 bits per heavy atom. The lowest BCUT2D eigenvalue weighted by atomic mass is 9.97. The highest BCUT2D eigenvalue weighted by Crippen LogP contribution is 2.21. The minimum Gasteiger partial charge on any atom is -0.405 e. The second-order valence-electron chi connectivity index (χ2n) is 4.36. The van der Waals surface area contributed by atoms with Crippen LogP contribution in [0.15, 0.2) is 61.0 Å². The van der Waals surface area contributed by atoms with Crippen molar-refractivity contribution in [2.24, 2.45) is 5.73 Å². The van der Waals surface area contributed by atoms with E-state index >= 15 is 0 Å². The summed E-state index contributed by atoms with van der Waals surface area (Å²) in [5, 5.41) is 3.30. The molecule has 2 heteroatoms. The average molecular weight is 242 g/mol. The monoisotopic (exact) mass is 242 g/mol. The summed E-state index contributed by atoms with van der Waals surface area (Å²) in [6.45, 7) is 9.12. The Hall–Kier alpha value is -1.96. The Morgan fingerprint density at radius 1 is 1.44 bits per heavy atom. The molecule has 1 atom stereocenters. The van der Waals surface area contributed by atoms with Gasteiger partial charge in [0.1, 0.15) is 0 Å². The predicted molar refractivity (Wildman–Crippen MR) is 79.2 cm³/mol. The summed E-state index contributed by atoms with van der Waals surface area (Å²) in [5.74, 6) is 0.309. The highest BCUT2D eigenvalue weighted by Gasteiger charge is 2.08. The fourth-order valence-electron chi connectivity index (χ4n) is 1.69. The van der Waals surface area contributed by atoms with Crippen LogP contribution in [0.3, 0.4) is 0 Å². The summed E-state index contributed by atoms with van der Waals surface area (Å²) in [7, 11) is 0. The second-order valence-corrected chi connectivity index (χ2v) is 4.36. The zero-order chi connectivity index (χ0) is 13.4. The van der Waals surface area contributed by atoms with Crippen molar-refractivity contribution in [3.8, 4) is 0 Å². The fourth-order valence-corrected chi connectivity index (χ4v) is 1.69. The van der Waals surface area contributed by atoms with Gasteiger partial charge in [0.05, 0.1) is 0 Å². The van der Waals surface area contributed by atoms with Gasteiger partial charge < -0.3 is 11.1 Å². The predicted octanol–water partition coefficient (Wildman–Crippen LogP) is 3.23. The number of benzene rings is 1. The molecule has 2 nitrogen and oxygen atoms in total. The molecule has 0 saturated heterocycles. The van der Waals surface area contributed by atoms with E-state index in [0.29, 0.717) is 5.92 Å². The Kier molecular flexibility index (Phi) is 5.78. The largest absolute Gasteiger partial charge is 0.405 e. The smallest absolute Gasteiger partial charge is 0.0330 e. The number of rotatable bonds is 6. The van der Waals surface area contributed by atoms with Crippen molar-refractivity contribution in [2.45, 2.75) is 19.8 Å². The number of allylic oxidation sites excluding steroid dienone is 3. The first-order valence-corrected chi connectivity index (χ1v) is 6.17. The molecule has 96 valence electrons. The molecule has 0 fully saturated rings. The van der Waals surface area contributed by atoms with Crippen LogP contribution < -0.4 is 11.1 Å². The third-order valence-corrected chi connectivity index (χ3v) is 2.87. The van der Waals surface area contributed by atoms with E-state index in [0.717, 1.165) is 12.2 Å². The minimum atomic E-state index is 0.309. The van der Waals surface area contributed by atoms with Gasteiger partial charge in [-0.3, -0.25) is 0 Å². The topological polar surface area (TPSA) is 38.0 Å². The van der Waals surface area contributed by atoms with Gasteiger partial charge in [0.2, 0.25) is 0 Å².